The molecule has 0 unspecified atom stereocenters. The number of amides is 1. The molecule has 1 aromatic carbocycles. The fourth-order valence-electron chi connectivity index (χ4n) is 1.99. The van der Waals surface area contributed by atoms with Crippen molar-refractivity contribution in [3.05, 3.63) is 59.9 Å². The van der Waals surface area contributed by atoms with Gasteiger partial charge >= 0.3 is 0 Å². The second kappa shape index (κ2) is 5.74. The first kappa shape index (κ1) is 14.1. The van der Waals surface area contributed by atoms with Crippen molar-refractivity contribution in [2.45, 2.75) is 19.3 Å². The van der Waals surface area contributed by atoms with Crippen LogP contribution in [0.4, 0.5) is 5.69 Å². The maximum atomic E-state index is 12.1. The molecule has 0 bridgehead atoms. The molecule has 2 rings (SSSR count). The molecular weight excluding hydrogens is 250 g/mol. The third-order valence-corrected chi connectivity index (χ3v) is 3.30. The first-order chi connectivity index (χ1) is 9.49. The Kier molecular flexibility index (Phi) is 4.03. The van der Waals surface area contributed by atoms with Crippen molar-refractivity contribution in [2.24, 2.45) is 0 Å². The maximum absolute atomic E-state index is 12.1. The van der Waals surface area contributed by atoms with Gasteiger partial charge in [0.1, 0.15) is 0 Å². The average Bonchev–Trinajstić information content (AvgIpc) is 2.46. The predicted octanol–water partition coefficient (Wildman–Crippen LogP) is 2.37. The Balaban J connectivity index is 2.03. The second-order valence-corrected chi connectivity index (χ2v) is 5.43. The van der Waals surface area contributed by atoms with Crippen molar-refractivity contribution in [1.29, 1.82) is 0 Å². The molecular formula is C16H19N3O. The van der Waals surface area contributed by atoms with Crippen molar-refractivity contribution in [3.8, 4) is 0 Å². The molecule has 0 atom stereocenters. The van der Waals surface area contributed by atoms with Crippen LogP contribution in [0.1, 0.15) is 29.8 Å². The lowest BCUT2D eigenvalue weighted by atomic mass is 9.85. The van der Waals surface area contributed by atoms with Crippen molar-refractivity contribution < 1.29 is 4.79 Å². The Morgan fingerprint density at radius 2 is 1.95 bits per heavy atom. The summed E-state index contributed by atoms with van der Waals surface area (Å²) in [6.07, 6.45) is 3.52. The minimum Gasteiger partial charge on any atom is -0.399 e. The van der Waals surface area contributed by atoms with Crippen LogP contribution >= 0.6 is 0 Å². The third-order valence-electron chi connectivity index (χ3n) is 3.30. The van der Waals surface area contributed by atoms with Crippen molar-refractivity contribution in [2.75, 3.05) is 12.3 Å². The zero-order chi connectivity index (χ0) is 14.6. The minimum atomic E-state index is -0.154. The maximum Gasteiger partial charge on any atom is 0.251 e. The number of nitrogens with one attached hydrogen (secondary N) is 1. The van der Waals surface area contributed by atoms with Crippen LogP contribution in [0.5, 0.6) is 0 Å². The van der Waals surface area contributed by atoms with E-state index in [0.717, 1.165) is 5.56 Å². The summed E-state index contributed by atoms with van der Waals surface area (Å²) >= 11 is 0. The number of carbonyl (C=O) groups excluding carboxylic acids is 1. The summed E-state index contributed by atoms with van der Waals surface area (Å²) in [5.74, 6) is -0.112. The van der Waals surface area contributed by atoms with Gasteiger partial charge in [-0.2, -0.15) is 0 Å². The van der Waals surface area contributed by atoms with E-state index in [4.69, 9.17) is 5.73 Å². The number of carbonyl (C=O) groups is 1. The predicted molar refractivity (Wildman–Crippen MR) is 80.5 cm³/mol. The second-order valence-electron chi connectivity index (χ2n) is 5.43. The Morgan fingerprint density at radius 3 is 2.60 bits per heavy atom. The summed E-state index contributed by atoms with van der Waals surface area (Å²) in [6, 6.07) is 10.9. The van der Waals surface area contributed by atoms with Gasteiger partial charge in [-0.1, -0.05) is 19.9 Å². The highest BCUT2D eigenvalue weighted by atomic mass is 16.1. The number of nitrogens with zero attached hydrogens (tertiary/aromatic N) is 1. The highest BCUT2D eigenvalue weighted by molar-refractivity contribution is 5.95. The number of aromatic nitrogens is 1. The van der Waals surface area contributed by atoms with Crippen LogP contribution in [-0.2, 0) is 5.41 Å². The Bertz CT molecular complexity index is 594. The van der Waals surface area contributed by atoms with Crippen LogP contribution in [0.15, 0.2) is 48.8 Å². The van der Waals surface area contributed by atoms with E-state index in [2.05, 4.69) is 24.1 Å². The number of benzene rings is 1. The smallest absolute Gasteiger partial charge is 0.251 e. The lowest BCUT2D eigenvalue weighted by molar-refractivity contribution is 0.0945. The van der Waals surface area contributed by atoms with E-state index in [0.29, 0.717) is 17.8 Å². The molecule has 3 N–H and O–H groups in total. The highest BCUT2D eigenvalue weighted by Crippen LogP contribution is 2.21. The summed E-state index contributed by atoms with van der Waals surface area (Å²) in [7, 11) is 0. The molecule has 1 amide bonds. The molecule has 0 saturated heterocycles. The van der Waals surface area contributed by atoms with Gasteiger partial charge in [0.15, 0.2) is 0 Å². The van der Waals surface area contributed by atoms with Crippen LogP contribution in [0, 0.1) is 0 Å². The van der Waals surface area contributed by atoms with Crippen molar-refractivity contribution in [1.82, 2.24) is 10.3 Å². The molecule has 1 aromatic heterocycles. The molecule has 1 heterocycles. The summed E-state index contributed by atoms with van der Waals surface area (Å²) in [4.78, 5) is 16.1. The summed E-state index contributed by atoms with van der Waals surface area (Å²) < 4.78 is 0. The van der Waals surface area contributed by atoms with Gasteiger partial charge in [0.05, 0.1) is 0 Å². The summed E-state index contributed by atoms with van der Waals surface area (Å²) in [6.45, 7) is 4.72. The van der Waals surface area contributed by atoms with Gasteiger partial charge in [0.2, 0.25) is 0 Å². The topological polar surface area (TPSA) is 68.0 Å². The molecule has 0 aliphatic heterocycles. The zero-order valence-corrected chi connectivity index (χ0v) is 11.8. The van der Waals surface area contributed by atoms with Crippen LogP contribution in [0.3, 0.4) is 0 Å². The molecule has 0 fully saturated rings. The Morgan fingerprint density at radius 1 is 1.25 bits per heavy atom. The van der Waals surface area contributed by atoms with E-state index in [-0.39, 0.29) is 11.3 Å². The monoisotopic (exact) mass is 269 g/mol. The van der Waals surface area contributed by atoms with Crippen molar-refractivity contribution >= 4 is 11.6 Å². The Labute approximate surface area is 119 Å². The van der Waals surface area contributed by atoms with Crippen molar-refractivity contribution in [3.63, 3.8) is 0 Å². The molecule has 0 spiro atoms. The van der Waals surface area contributed by atoms with Crippen LogP contribution in [0.2, 0.25) is 0 Å². The van der Waals surface area contributed by atoms with E-state index in [1.165, 1.54) is 0 Å². The van der Waals surface area contributed by atoms with E-state index >= 15 is 0 Å². The lowest BCUT2D eigenvalue weighted by Crippen LogP contribution is -2.36. The normalized spacial score (nSPS) is 11.1. The molecule has 0 saturated carbocycles. The van der Waals surface area contributed by atoms with E-state index < -0.39 is 0 Å². The molecule has 20 heavy (non-hydrogen) atoms. The third kappa shape index (κ3) is 3.35. The van der Waals surface area contributed by atoms with Gasteiger partial charge < -0.3 is 11.1 Å². The highest BCUT2D eigenvalue weighted by Gasteiger charge is 2.21. The van der Waals surface area contributed by atoms with Gasteiger partial charge in [0.25, 0.3) is 5.91 Å². The molecule has 104 valence electrons. The molecule has 0 aliphatic carbocycles. The first-order valence-corrected chi connectivity index (χ1v) is 6.53. The fourth-order valence-corrected chi connectivity index (χ4v) is 1.99. The first-order valence-electron chi connectivity index (χ1n) is 6.53. The van der Waals surface area contributed by atoms with Crippen LogP contribution in [0.25, 0.3) is 0 Å². The largest absolute Gasteiger partial charge is 0.399 e. The zero-order valence-electron chi connectivity index (χ0n) is 11.8. The van der Waals surface area contributed by atoms with E-state index in [9.17, 15) is 4.79 Å². The van der Waals surface area contributed by atoms with Crippen LogP contribution < -0.4 is 11.1 Å². The average molecular weight is 269 g/mol. The number of rotatable bonds is 4. The molecule has 2 aromatic rings. The van der Waals surface area contributed by atoms with Crippen LogP contribution in [-0.4, -0.2) is 17.4 Å². The quantitative estimate of drug-likeness (QED) is 0.837. The minimum absolute atomic E-state index is 0.112. The SMILES string of the molecule is CC(C)(CNC(=O)c1cccc(N)c1)c1ccncc1. The van der Waals surface area contributed by atoms with Gasteiger partial charge in [-0.3, -0.25) is 9.78 Å². The summed E-state index contributed by atoms with van der Waals surface area (Å²) in [5.41, 5.74) is 7.84. The number of nitrogens with two attached hydrogens (primary N) is 1. The van der Waals surface area contributed by atoms with Gasteiger partial charge in [-0.15, -0.1) is 0 Å². The van der Waals surface area contributed by atoms with Gasteiger partial charge in [-0.25, -0.2) is 0 Å². The number of hydrogen-bond donors (Lipinski definition) is 2. The molecule has 0 radical (unpaired) electrons. The Hall–Kier alpha value is -2.36. The number of nitrogen functional groups attached to an aromatic ring is 1. The van der Waals surface area contributed by atoms with Gasteiger partial charge in [-0.05, 0) is 35.9 Å². The number of hydrogen-bond acceptors (Lipinski definition) is 3. The molecule has 4 heteroatoms. The lowest BCUT2D eigenvalue weighted by Gasteiger charge is -2.25. The van der Waals surface area contributed by atoms with Gasteiger partial charge in [0, 0.05) is 35.6 Å². The molecule has 0 aliphatic rings. The standard InChI is InChI=1S/C16H19N3O/c1-16(2,13-6-8-18-9-7-13)11-19-15(20)12-4-3-5-14(17)10-12/h3-10H,11,17H2,1-2H3,(H,19,20). The van der Waals surface area contributed by atoms with E-state index in [1.54, 1.807) is 36.7 Å². The fraction of sp³-hybridized carbons (Fsp3) is 0.250. The molecule has 4 nitrogen and oxygen atoms in total. The summed E-state index contributed by atoms with van der Waals surface area (Å²) in [5, 5.41) is 2.95. The van der Waals surface area contributed by atoms with E-state index in [1.807, 2.05) is 12.1 Å². The number of pyridine rings is 1. The number of anilines is 1.